The second kappa shape index (κ2) is 7.66. The molecule has 0 aliphatic heterocycles. The summed E-state index contributed by atoms with van der Waals surface area (Å²) in [6.45, 7) is 0.520. The van der Waals surface area contributed by atoms with Crippen molar-refractivity contribution in [3.05, 3.63) is 89.6 Å². The second-order valence-electron chi connectivity index (χ2n) is 5.67. The molecule has 4 nitrogen and oxygen atoms in total. The van der Waals surface area contributed by atoms with E-state index < -0.39 is 0 Å². The summed E-state index contributed by atoms with van der Waals surface area (Å²) in [4.78, 5) is 14.1. The largest absolute Gasteiger partial charge is 0.489 e. The predicted molar refractivity (Wildman–Crippen MR) is 91.7 cm³/mol. The van der Waals surface area contributed by atoms with E-state index in [1.165, 1.54) is 23.3 Å². The minimum atomic E-state index is -0.326. The van der Waals surface area contributed by atoms with Crippen molar-refractivity contribution in [3.8, 4) is 5.75 Å². The number of carbonyl (C=O) groups is 1. The van der Waals surface area contributed by atoms with E-state index in [4.69, 9.17) is 9.15 Å². The Hall–Kier alpha value is -3.08. The lowest BCUT2D eigenvalue weighted by Crippen LogP contribution is -2.26. The van der Waals surface area contributed by atoms with Crippen LogP contribution >= 0.6 is 0 Å². The van der Waals surface area contributed by atoms with Gasteiger partial charge in [-0.1, -0.05) is 30.3 Å². The summed E-state index contributed by atoms with van der Waals surface area (Å²) in [6, 6.07) is 17.2. The van der Waals surface area contributed by atoms with Crippen LogP contribution in [0.2, 0.25) is 0 Å². The number of para-hydroxylation sites is 1. The monoisotopic (exact) mass is 339 g/mol. The molecular weight excluding hydrogens is 321 g/mol. The molecule has 1 heterocycles. The summed E-state index contributed by atoms with van der Waals surface area (Å²) < 4.78 is 24.3. The molecular formula is C20H18FNO3. The van der Waals surface area contributed by atoms with Crippen molar-refractivity contribution in [1.29, 1.82) is 0 Å². The molecule has 0 spiro atoms. The fraction of sp³-hybridized carbons (Fsp3) is 0.150. The van der Waals surface area contributed by atoms with Crippen LogP contribution in [0.5, 0.6) is 5.75 Å². The van der Waals surface area contributed by atoms with Crippen LogP contribution in [0.25, 0.3) is 0 Å². The van der Waals surface area contributed by atoms with Gasteiger partial charge in [-0.25, -0.2) is 4.39 Å². The molecule has 1 amide bonds. The Kier molecular flexibility index (Phi) is 5.14. The van der Waals surface area contributed by atoms with Gasteiger partial charge >= 0.3 is 0 Å². The summed E-state index contributed by atoms with van der Waals surface area (Å²) in [7, 11) is 1.65. The standard InChI is InChI=1S/C20H18FNO3/c1-22(13-15-6-5-7-17(21)12-15)20(23)19-16(10-11-24-19)14-25-18-8-3-2-4-9-18/h2-12H,13-14H2,1H3. The van der Waals surface area contributed by atoms with Gasteiger partial charge in [-0.15, -0.1) is 0 Å². The Balaban J connectivity index is 1.67. The number of ether oxygens (including phenoxy) is 1. The van der Waals surface area contributed by atoms with E-state index in [1.54, 1.807) is 25.2 Å². The van der Waals surface area contributed by atoms with Gasteiger partial charge in [-0.05, 0) is 35.9 Å². The molecule has 1 aromatic heterocycles. The maximum absolute atomic E-state index is 13.3. The third kappa shape index (κ3) is 4.26. The molecule has 3 rings (SSSR count). The molecule has 25 heavy (non-hydrogen) atoms. The van der Waals surface area contributed by atoms with Crippen LogP contribution < -0.4 is 4.74 Å². The minimum Gasteiger partial charge on any atom is -0.489 e. The van der Waals surface area contributed by atoms with E-state index >= 15 is 0 Å². The number of benzene rings is 2. The Labute approximate surface area is 145 Å². The average Bonchev–Trinajstić information content (AvgIpc) is 3.08. The summed E-state index contributed by atoms with van der Waals surface area (Å²) in [6.07, 6.45) is 1.47. The molecule has 0 unspecified atom stereocenters. The van der Waals surface area contributed by atoms with Gasteiger partial charge in [-0.3, -0.25) is 4.79 Å². The van der Waals surface area contributed by atoms with Crippen LogP contribution in [0.3, 0.4) is 0 Å². The summed E-state index contributed by atoms with van der Waals surface area (Å²) in [5, 5.41) is 0. The Bertz CT molecular complexity index is 845. The molecule has 0 radical (unpaired) electrons. The first kappa shape index (κ1) is 16.8. The fourth-order valence-electron chi connectivity index (χ4n) is 2.47. The summed E-state index contributed by atoms with van der Waals surface area (Å²) >= 11 is 0. The molecule has 128 valence electrons. The lowest BCUT2D eigenvalue weighted by atomic mass is 10.2. The molecule has 5 heteroatoms. The third-order valence-corrected chi connectivity index (χ3v) is 3.73. The maximum Gasteiger partial charge on any atom is 0.290 e. The Morgan fingerprint density at radius 2 is 1.92 bits per heavy atom. The number of hydrogen-bond acceptors (Lipinski definition) is 3. The van der Waals surface area contributed by atoms with Crippen molar-refractivity contribution in [3.63, 3.8) is 0 Å². The topological polar surface area (TPSA) is 42.7 Å². The van der Waals surface area contributed by atoms with Gasteiger partial charge in [-0.2, -0.15) is 0 Å². The van der Waals surface area contributed by atoms with Gasteiger partial charge in [0.15, 0.2) is 5.76 Å². The molecule has 0 aliphatic carbocycles. The Morgan fingerprint density at radius 3 is 2.68 bits per heavy atom. The van der Waals surface area contributed by atoms with Crippen LogP contribution in [0, 0.1) is 5.82 Å². The fourth-order valence-corrected chi connectivity index (χ4v) is 2.47. The highest BCUT2D eigenvalue weighted by Gasteiger charge is 2.20. The van der Waals surface area contributed by atoms with Gasteiger partial charge in [0.25, 0.3) is 5.91 Å². The number of hydrogen-bond donors (Lipinski definition) is 0. The molecule has 0 saturated heterocycles. The normalized spacial score (nSPS) is 10.5. The van der Waals surface area contributed by atoms with Crippen LogP contribution in [-0.4, -0.2) is 17.9 Å². The highest BCUT2D eigenvalue weighted by molar-refractivity contribution is 5.92. The van der Waals surface area contributed by atoms with Crippen LogP contribution in [-0.2, 0) is 13.2 Å². The minimum absolute atomic E-state index is 0.231. The third-order valence-electron chi connectivity index (χ3n) is 3.73. The van der Waals surface area contributed by atoms with Crippen molar-refractivity contribution < 1.29 is 18.3 Å². The van der Waals surface area contributed by atoms with Gasteiger partial charge in [0.1, 0.15) is 18.2 Å². The molecule has 3 aromatic rings. The zero-order valence-electron chi connectivity index (χ0n) is 13.8. The van der Waals surface area contributed by atoms with Crippen LogP contribution in [0.4, 0.5) is 4.39 Å². The first-order valence-corrected chi connectivity index (χ1v) is 7.87. The van der Waals surface area contributed by atoms with Crippen molar-refractivity contribution in [2.45, 2.75) is 13.2 Å². The van der Waals surface area contributed by atoms with Crippen molar-refractivity contribution >= 4 is 5.91 Å². The molecule has 0 N–H and O–H groups in total. The molecule has 0 bridgehead atoms. The highest BCUT2D eigenvalue weighted by atomic mass is 19.1. The molecule has 0 fully saturated rings. The van der Waals surface area contributed by atoms with Gasteiger partial charge in [0.05, 0.1) is 6.26 Å². The van der Waals surface area contributed by atoms with E-state index in [0.29, 0.717) is 11.1 Å². The molecule has 0 atom stereocenters. The van der Waals surface area contributed by atoms with Crippen LogP contribution in [0.15, 0.2) is 71.3 Å². The number of furan rings is 1. The SMILES string of the molecule is CN(Cc1cccc(F)c1)C(=O)c1occc1COc1ccccc1. The van der Waals surface area contributed by atoms with Gasteiger partial charge in [0, 0.05) is 19.2 Å². The van der Waals surface area contributed by atoms with E-state index in [2.05, 4.69) is 0 Å². The van der Waals surface area contributed by atoms with Crippen molar-refractivity contribution in [1.82, 2.24) is 4.90 Å². The lowest BCUT2D eigenvalue weighted by Gasteiger charge is -2.17. The predicted octanol–water partition coefficient (Wildman–Crippen LogP) is 4.27. The second-order valence-corrected chi connectivity index (χ2v) is 5.67. The summed E-state index contributed by atoms with van der Waals surface area (Å²) in [5.74, 6) is 0.347. The number of carbonyl (C=O) groups excluding carboxylic acids is 1. The average molecular weight is 339 g/mol. The zero-order valence-corrected chi connectivity index (χ0v) is 13.8. The number of amides is 1. The molecule has 0 saturated carbocycles. The number of halogens is 1. The Morgan fingerprint density at radius 1 is 1.12 bits per heavy atom. The van der Waals surface area contributed by atoms with E-state index in [-0.39, 0.29) is 30.6 Å². The summed E-state index contributed by atoms with van der Waals surface area (Å²) in [5.41, 5.74) is 1.38. The maximum atomic E-state index is 13.3. The number of rotatable bonds is 6. The molecule has 0 aliphatic rings. The first-order valence-electron chi connectivity index (χ1n) is 7.87. The van der Waals surface area contributed by atoms with E-state index in [1.807, 2.05) is 30.3 Å². The smallest absolute Gasteiger partial charge is 0.290 e. The molecule has 2 aromatic carbocycles. The van der Waals surface area contributed by atoms with Crippen LogP contribution in [0.1, 0.15) is 21.7 Å². The number of nitrogens with zero attached hydrogens (tertiary/aromatic N) is 1. The van der Waals surface area contributed by atoms with E-state index in [0.717, 1.165) is 5.75 Å². The van der Waals surface area contributed by atoms with Gasteiger partial charge in [0.2, 0.25) is 0 Å². The van der Waals surface area contributed by atoms with Gasteiger partial charge < -0.3 is 14.1 Å². The van der Waals surface area contributed by atoms with E-state index in [9.17, 15) is 9.18 Å². The lowest BCUT2D eigenvalue weighted by molar-refractivity contribution is 0.0749. The zero-order chi connectivity index (χ0) is 17.6. The highest BCUT2D eigenvalue weighted by Crippen LogP contribution is 2.18. The van der Waals surface area contributed by atoms with Crippen molar-refractivity contribution in [2.24, 2.45) is 0 Å². The van der Waals surface area contributed by atoms with Crippen molar-refractivity contribution in [2.75, 3.05) is 7.05 Å². The quantitative estimate of drug-likeness (QED) is 0.673. The first-order chi connectivity index (χ1) is 12.1.